The van der Waals surface area contributed by atoms with Crippen LogP contribution in [0.25, 0.3) is 16.8 Å². The third kappa shape index (κ3) is 2.46. The summed E-state index contributed by atoms with van der Waals surface area (Å²) in [6, 6.07) is 18.5. The molecule has 3 rings (SSSR count). The summed E-state index contributed by atoms with van der Waals surface area (Å²) in [5.41, 5.74) is 1.42. The van der Waals surface area contributed by atoms with Gasteiger partial charge in [-0.3, -0.25) is 14.4 Å². The highest BCUT2D eigenvalue weighted by atomic mass is 32.1. The number of nitrogens with zero attached hydrogens (tertiary/aromatic N) is 2. The van der Waals surface area contributed by atoms with Crippen LogP contribution < -0.4 is 10.4 Å². The molecule has 0 spiro atoms. The van der Waals surface area contributed by atoms with Crippen molar-refractivity contribution < 1.29 is 5.11 Å². The summed E-state index contributed by atoms with van der Waals surface area (Å²) < 4.78 is 1.52. The predicted molar refractivity (Wildman–Crippen MR) is 88.5 cm³/mol. The molecule has 3 aromatic rings. The zero-order chi connectivity index (χ0) is 15.5. The summed E-state index contributed by atoms with van der Waals surface area (Å²) in [6.45, 7) is 0. The molecule has 0 aliphatic carbocycles. The number of hydrogen-bond acceptors (Lipinski definition) is 4. The van der Waals surface area contributed by atoms with Gasteiger partial charge in [-0.2, -0.15) is 0 Å². The Hall–Kier alpha value is -2.66. The van der Waals surface area contributed by atoms with Crippen LogP contribution in [0.5, 0.6) is 5.06 Å². The topological polar surface area (TPSA) is 54.6 Å². The number of benzene rings is 2. The SMILES string of the molecule is CN=c1sc(O)c(-c2ccccc2)c(=O)n1-c1ccccc1. The van der Waals surface area contributed by atoms with E-state index in [4.69, 9.17) is 0 Å². The zero-order valence-corrected chi connectivity index (χ0v) is 12.7. The van der Waals surface area contributed by atoms with Crippen LogP contribution in [0.3, 0.4) is 0 Å². The summed E-state index contributed by atoms with van der Waals surface area (Å²) in [5, 5.41) is 10.2. The number of hydrogen-bond donors (Lipinski definition) is 1. The van der Waals surface area contributed by atoms with E-state index >= 15 is 0 Å². The molecular formula is C17H14N2O2S. The van der Waals surface area contributed by atoms with Crippen molar-refractivity contribution in [2.24, 2.45) is 4.99 Å². The molecule has 22 heavy (non-hydrogen) atoms. The summed E-state index contributed by atoms with van der Waals surface area (Å²) in [5.74, 6) is 0. The molecule has 1 N–H and O–H groups in total. The molecule has 0 bridgehead atoms. The van der Waals surface area contributed by atoms with Crippen LogP contribution in [-0.4, -0.2) is 16.7 Å². The first kappa shape index (κ1) is 14.3. The highest BCUT2D eigenvalue weighted by molar-refractivity contribution is 7.11. The fourth-order valence-corrected chi connectivity index (χ4v) is 3.13. The van der Waals surface area contributed by atoms with Crippen LogP contribution in [0, 0.1) is 0 Å². The third-order valence-electron chi connectivity index (χ3n) is 3.28. The van der Waals surface area contributed by atoms with Gasteiger partial charge in [-0.25, -0.2) is 0 Å². The number of aromatic nitrogens is 1. The van der Waals surface area contributed by atoms with E-state index in [0.717, 1.165) is 17.0 Å². The molecule has 0 saturated heterocycles. The van der Waals surface area contributed by atoms with Crippen LogP contribution in [0.4, 0.5) is 0 Å². The first-order valence-electron chi connectivity index (χ1n) is 6.75. The predicted octanol–water partition coefficient (Wildman–Crippen LogP) is 2.80. The van der Waals surface area contributed by atoms with Crippen molar-refractivity contribution in [3.05, 3.63) is 75.8 Å². The Kier molecular flexibility index (Phi) is 3.89. The monoisotopic (exact) mass is 310 g/mol. The van der Waals surface area contributed by atoms with Gasteiger partial charge in [-0.1, -0.05) is 59.9 Å². The molecule has 0 saturated carbocycles. The Bertz CT molecular complexity index is 913. The fourth-order valence-electron chi connectivity index (χ4n) is 2.28. The molecule has 0 atom stereocenters. The van der Waals surface area contributed by atoms with Gasteiger partial charge in [0.1, 0.15) is 5.56 Å². The van der Waals surface area contributed by atoms with E-state index in [2.05, 4.69) is 4.99 Å². The van der Waals surface area contributed by atoms with Crippen molar-refractivity contribution in [3.8, 4) is 21.9 Å². The Morgan fingerprint density at radius 2 is 1.59 bits per heavy atom. The van der Waals surface area contributed by atoms with Crippen molar-refractivity contribution in [1.82, 2.24) is 4.57 Å². The molecular weight excluding hydrogens is 296 g/mol. The molecule has 0 aliphatic heterocycles. The van der Waals surface area contributed by atoms with Gasteiger partial charge in [-0.05, 0) is 17.7 Å². The number of aromatic hydroxyl groups is 1. The molecule has 0 aliphatic rings. The van der Waals surface area contributed by atoms with Crippen molar-refractivity contribution in [2.45, 2.75) is 0 Å². The van der Waals surface area contributed by atoms with E-state index in [1.54, 1.807) is 19.2 Å². The first-order valence-corrected chi connectivity index (χ1v) is 7.57. The second-order valence-corrected chi connectivity index (χ2v) is 5.59. The highest BCUT2D eigenvalue weighted by Gasteiger charge is 2.15. The van der Waals surface area contributed by atoms with Crippen molar-refractivity contribution in [1.29, 1.82) is 0 Å². The average molecular weight is 310 g/mol. The maximum atomic E-state index is 12.9. The molecule has 4 nitrogen and oxygen atoms in total. The molecule has 0 fully saturated rings. The molecule has 5 heteroatoms. The van der Waals surface area contributed by atoms with E-state index in [-0.39, 0.29) is 10.6 Å². The van der Waals surface area contributed by atoms with Gasteiger partial charge in [0, 0.05) is 7.05 Å². The van der Waals surface area contributed by atoms with Crippen molar-refractivity contribution >= 4 is 11.3 Å². The minimum atomic E-state index is -0.283. The largest absolute Gasteiger partial charge is 0.499 e. The normalized spacial score (nSPS) is 11.6. The lowest BCUT2D eigenvalue weighted by atomic mass is 10.1. The van der Waals surface area contributed by atoms with E-state index < -0.39 is 0 Å². The second-order valence-electron chi connectivity index (χ2n) is 4.63. The molecule has 110 valence electrons. The van der Waals surface area contributed by atoms with Gasteiger partial charge < -0.3 is 5.11 Å². The van der Waals surface area contributed by atoms with Crippen LogP contribution in [0.2, 0.25) is 0 Å². The Labute approximate surface area is 131 Å². The van der Waals surface area contributed by atoms with Crippen molar-refractivity contribution in [2.75, 3.05) is 7.05 Å². The summed E-state index contributed by atoms with van der Waals surface area (Å²) in [6.07, 6.45) is 0. The molecule has 0 amide bonds. The molecule has 1 aromatic heterocycles. The van der Waals surface area contributed by atoms with Crippen LogP contribution in [0.1, 0.15) is 0 Å². The van der Waals surface area contributed by atoms with E-state index in [9.17, 15) is 9.90 Å². The van der Waals surface area contributed by atoms with Gasteiger partial charge in [-0.15, -0.1) is 0 Å². The van der Waals surface area contributed by atoms with Crippen molar-refractivity contribution in [3.63, 3.8) is 0 Å². The average Bonchev–Trinajstić information content (AvgIpc) is 2.56. The maximum Gasteiger partial charge on any atom is 0.269 e. The Morgan fingerprint density at radius 3 is 2.18 bits per heavy atom. The lowest BCUT2D eigenvalue weighted by Crippen LogP contribution is -2.31. The molecule has 0 unspecified atom stereocenters. The zero-order valence-electron chi connectivity index (χ0n) is 11.9. The van der Waals surface area contributed by atoms with Crippen LogP contribution in [-0.2, 0) is 0 Å². The molecule has 1 heterocycles. The minimum Gasteiger partial charge on any atom is -0.499 e. The maximum absolute atomic E-state index is 12.9. The van der Waals surface area contributed by atoms with Gasteiger partial charge in [0.2, 0.25) is 0 Å². The molecule has 0 radical (unpaired) electrons. The summed E-state index contributed by atoms with van der Waals surface area (Å²) in [4.78, 5) is 17.5. The number of para-hydroxylation sites is 1. The third-order valence-corrected chi connectivity index (χ3v) is 4.22. The lowest BCUT2D eigenvalue weighted by Gasteiger charge is -2.10. The standard InChI is InChI=1S/C17H14N2O2S/c1-18-17-19(13-10-6-3-7-11-13)15(20)14(16(21)22-17)12-8-4-2-5-9-12/h2-11,21H,1H3. The fraction of sp³-hybridized carbons (Fsp3) is 0.0588. The van der Waals surface area contributed by atoms with Crippen LogP contribution >= 0.6 is 11.3 Å². The van der Waals surface area contributed by atoms with Gasteiger partial charge in [0.05, 0.1) is 5.69 Å². The Morgan fingerprint density at radius 1 is 1.00 bits per heavy atom. The lowest BCUT2D eigenvalue weighted by molar-refractivity contribution is 0.490. The summed E-state index contributed by atoms with van der Waals surface area (Å²) in [7, 11) is 1.60. The van der Waals surface area contributed by atoms with Gasteiger partial charge >= 0.3 is 0 Å². The highest BCUT2D eigenvalue weighted by Crippen LogP contribution is 2.27. The van der Waals surface area contributed by atoms with Gasteiger partial charge in [0.15, 0.2) is 9.86 Å². The Balaban J connectivity index is 2.39. The van der Waals surface area contributed by atoms with E-state index in [1.807, 2.05) is 48.5 Å². The first-order chi connectivity index (χ1) is 10.7. The van der Waals surface area contributed by atoms with Crippen LogP contribution in [0.15, 0.2) is 70.5 Å². The molecule has 2 aromatic carbocycles. The summed E-state index contributed by atoms with van der Waals surface area (Å²) >= 11 is 1.09. The van der Waals surface area contributed by atoms with Gasteiger partial charge in [0.25, 0.3) is 5.56 Å². The van der Waals surface area contributed by atoms with E-state index in [0.29, 0.717) is 15.9 Å². The van der Waals surface area contributed by atoms with E-state index in [1.165, 1.54) is 4.57 Å². The smallest absolute Gasteiger partial charge is 0.269 e. The number of rotatable bonds is 2. The second kappa shape index (κ2) is 5.99. The quantitative estimate of drug-likeness (QED) is 0.791. The minimum absolute atomic E-state index is 0.0241.